The number of amides is 1. The molecule has 3 atom stereocenters. The van der Waals surface area contributed by atoms with Crippen LogP contribution >= 0.6 is 11.3 Å². The van der Waals surface area contributed by atoms with Crippen molar-refractivity contribution in [2.24, 2.45) is 11.8 Å². The molecule has 0 radical (unpaired) electrons. The van der Waals surface area contributed by atoms with Gasteiger partial charge in [-0.2, -0.15) is 0 Å². The van der Waals surface area contributed by atoms with Crippen LogP contribution in [0.2, 0.25) is 0 Å². The van der Waals surface area contributed by atoms with Gasteiger partial charge in [-0.05, 0) is 30.7 Å². The second-order valence-electron chi connectivity index (χ2n) is 5.49. The Kier molecular flexibility index (Phi) is 3.40. The molecule has 2 aliphatic rings. The molecule has 1 N–H and O–H groups in total. The smallest absolute Gasteiger partial charge is 0.326 e. The average molecular weight is 310 g/mol. The Balaban J connectivity index is 1.86. The first kappa shape index (κ1) is 14.0. The van der Waals surface area contributed by atoms with Crippen LogP contribution in [0.25, 0.3) is 0 Å². The van der Waals surface area contributed by atoms with E-state index in [2.05, 4.69) is 0 Å². The minimum absolute atomic E-state index is 0.0152. The molecule has 1 aliphatic heterocycles. The third-order valence-electron chi connectivity index (χ3n) is 4.39. The number of nitrogens with zero attached hydrogens (tertiary/aromatic N) is 2. The zero-order valence-corrected chi connectivity index (χ0v) is 11.9. The third-order valence-corrected chi connectivity index (χ3v) is 5.41. The molecule has 3 rings (SSSR count). The summed E-state index contributed by atoms with van der Waals surface area (Å²) in [5.41, 5.74) is 0. The highest BCUT2D eigenvalue weighted by Crippen LogP contribution is 2.43. The van der Waals surface area contributed by atoms with Gasteiger partial charge >= 0.3 is 11.0 Å². The maximum atomic E-state index is 12.5. The fourth-order valence-corrected chi connectivity index (χ4v) is 4.29. The van der Waals surface area contributed by atoms with Crippen LogP contribution in [0.15, 0.2) is 12.1 Å². The van der Waals surface area contributed by atoms with E-state index in [0.29, 0.717) is 6.54 Å². The first-order valence-electron chi connectivity index (χ1n) is 6.77. The molecule has 1 saturated carbocycles. The molecule has 1 saturated heterocycles. The fraction of sp³-hybridized carbons (Fsp3) is 0.538. The highest BCUT2D eigenvalue weighted by molar-refractivity contribution is 7.17. The summed E-state index contributed by atoms with van der Waals surface area (Å²) in [4.78, 5) is 35.7. The van der Waals surface area contributed by atoms with Gasteiger partial charge in [-0.1, -0.05) is 17.8 Å². The number of carbonyl (C=O) groups excluding carboxylic acids is 1. The molecule has 1 aromatic rings. The number of carbonyl (C=O) groups is 2. The fourth-order valence-electron chi connectivity index (χ4n) is 3.51. The van der Waals surface area contributed by atoms with Crippen molar-refractivity contribution in [1.29, 1.82) is 0 Å². The van der Waals surface area contributed by atoms with Gasteiger partial charge in [-0.3, -0.25) is 14.9 Å². The van der Waals surface area contributed by atoms with E-state index in [9.17, 15) is 24.8 Å². The second kappa shape index (κ2) is 5.10. The van der Waals surface area contributed by atoms with Crippen molar-refractivity contribution in [3.8, 4) is 0 Å². The zero-order valence-electron chi connectivity index (χ0n) is 11.1. The molecule has 21 heavy (non-hydrogen) atoms. The summed E-state index contributed by atoms with van der Waals surface area (Å²) in [6.07, 6.45) is 2.78. The van der Waals surface area contributed by atoms with Crippen molar-refractivity contribution in [1.82, 2.24) is 4.90 Å². The molecule has 2 heterocycles. The first-order chi connectivity index (χ1) is 9.99. The molecule has 1 amide bonds. The van der Waals surface area contributed by atoms with Gasteiger partial charge in [0, 0.05) is 12.6 Å². The summed E-state index contributed by atoms with van der Waals surface area (Å²) in [5.74, 6) is -1.13. The summed E-state index contributed by atoms with van der Waals surface area (Å²) >= 11 is 0.795. The highest BCUT2D eigenvalue weighted by atomic mass is 32.1. The minimum Gasteiger partial charge on any atom is -0.480 e. The molecule has 0 spiro atoms. The Morgan fingerprint density at radius 1 is 1.38 bits per heavy atom. The van der Waals surface area contributed by atoms with E-state index in [-0.39, 0.29) is 21.7 Å². The number of likely N-dealkylation sites (tertiary alicyclic amines) is 1. The van der Waals surface area contributed by atoms with E-state index in [1.54, 1.807) is 0 Å². The van der Waals surface area contributed by atoms with Crippen LogP contribution in [0.3, 0.4) is 0 Å². The quantitative estimate of drug-likeness (QED) is 0.679. The van der Waals surface area contributed by atoms with E-state index in [1.165, 1.54) is 17.0 Å². The number of aliphatic carboxylic acids is 1. The lowest BCUT2D eigenvalue weighted by atomic mass is 9.94. The molecule has 7 nitrogen and oxygen atoms in total. The van der Waals surface area contributed by atoms with Gasteiger partial charge in [-0.15, -0.1) is 0 Å². The summed E-state index contributed by atoms with van der Waals surface area (Å²) in [5, 5.41) is 20.0. The van der Waals surface area contributed by atoms with Gasteiger partial charge in [0.25, 0.3) is 5.91 Å². The van der Waals surface area contributed by atoms with E-state index >= 15 is 0 Å². The Morgan fingerprint density at radius 2 is 2.14 bits per heavy atom. The Bertz CT molecular complexity index is 613. The van der Waals surface area contributed by atoms with Crippen LogP contribution in [-0.2, 0) is 4.79 Å². The topological polar surface area (TPSA) is 101 Å². The van der Waals surface area contributed by atoms with Crippen LogP contribution in [0.4, 0.5) is 5.00 Å². The van der Waals surface area contributed by atoms with Crippen molar-refractivity contribution < 1.29 is 19.6 Å². The lowest BCUT2D eigenvalue weighted by molar-refractivity contribution is -0.380. The Morgan fingerprint density at radius 3 is 2.76 bits per heavy atom. The lowest BCUT2D eigenvalue weighted by Gasteiger charge is -2.23. The molecule has 3 unspecified atom stereocenters. The SMILES string of the molecule is O=C(O)C1C2CCCC2CN1C(=O)c1ccc([N+](=O)[O-])s1. The summed E-state index contributed by atoms with van der Waals surface area (Å²) in [7, 11) is 0. The number of hydrogen-bond acceptors (Lipinski definition) is 5. The number of rotatable bonds is 3. The van der Waals surface area contributed by atoms with Crippen LogP contribution < -0.4 is 0 Å². The number of carboxylic acids is 1. The first-order valence-corrected chi connectivity index (χ1v) is 7.58. The van der Waals surface area contributed by atoms with Crippen molar-refractivity contribution in [3.05, 3.63) is 27.1 Å². The van der Waals surface area contributed by atoms with Crippen LogP contribution in [0.1, 0.15) is 28.9 Å². The minimum atomic E-state index is -0.983. The molecule has 8 heteroatoms. The number of thiophene rings is 1. The molecule has 2 fully saturated rings. The number of carboxylic acid groups (broad SMARTS) is 1. The molecular formula is C13H14N2O5S. The molecule has 1 aromatic heterocycles. The van der Waals surface area contributed by atoms with E-state index in [0.717, 1.165) is 30.6 Å². The van der Waals surface area contributed by atoms with Crippen molar-refractivity contribution in [3.63, 3.8) is 0 Å². The number of fused-ring (bicyclic) bond motifs is 1. The predicted octanol–water partition coefficient (Wildman–Crippen LogP) is 1.98. The molecule has 0 bridgehead atoms. The van der Waals surface area contributed by atoms with Gasteiger partial charge in [-0.25, -0.2) is 4.79 Å². The average Bonchev–Trinajstić information content (AvgIpc) is 3.11. The van der Waals surface area contributed by atoms with Crippen molar-refractivity contribution >= 4 is 28.2 Å². The van der Waals surface area contributed by atoms with Crippen molar-refractivity contribution in [2.75, 3.05) is 6.54 Å². The Hall–Kier alpha value is -1.96. The number of hydrogen-bond donors (Lipinski definition) is 1. The standard InChI is InChI=1S/C13H14N2O5S/c16-12(9-4-5-10(21-9)15(19)20)14-6-7-2-1-3-8(7)11(14)13(17)18/h4-5,7-8,11H,1-3,6H2,(H,17,18). The van der Waals surface area contributed by atoms with E-state index in [4.69, 9.17) is 0 Å². The van der Waals surface area contributed by atoms with Crippen LogP contribution in [-0.4, -0.2) is 39.4 Å². The monoisotopic (exact) mass is 310 g/mol. The van der Waals surface area contributed by atoms with E-state index in [1.807, 2.05) is 0 Å². The van der Waals surface area contributed by atoms with Gasteiger partial charge in [0.15, 0.2) is 0 Å². The number of nitro groups is 1. The summed E-state index contributed by atoms with van der Waals surface area (Å²) in [6.45, 7) is 0.437. The van der Waals surface area contributed by atoms with E-state index < -0.39 is 22.8 Å². The lowest BCUT2D eigenvalue weighted by Crippen LogP contribution is -2.43. The van der Waals surface area contributed by atoms with Gasteiger partial charge in [0.05, 0.1) is 9.80 Å². The second-order valence-corrected chi connectivity index (χ2v) is 6.55. The molecule has 112 valence electrons. The van der Waals surface area contributed by atoms with Crippen LogP contribution in [0, 0.1) is 22.0 Å². The van der Waals surface area contributed by atoms with Gasteiger partial charge in [0.1, 0.15) is 6.04 Å². The largest absolute Gasteiger partial charge is 0.480 e. The Labute approximate surface area is 124 Å². The molecular weight excluding hydrogens is 296 g/mol. The zero-order chi connectivity index (χ0) is 15.1. The van der Waals surface area contributed by atoms with Gasteiger partial charge < -0.3 is 10.0 Å². The van der Waals surface area contributed by atoms with Crippen molar-refractivity contribution in [2.45, 2.75) is 25.3 Å². The summed E-state index contributed by atoms with van der Waals surface area (Å²) < 4.78 is 0. The van der Waals surface area contributed by atoms with Gasteiger partial charge in [0.2, 0.25) is 0 Å². The predicted molar refractivity (Wildman–Crippen MR) is 74.3 cm³/mol. The maximum absolute atomic E-state index is 12.5. The third kappa shape index (κ3) is 2.29. The maximum Gasteiger partial charge on any atom is 0.326 e. The van der Waals surface area contributed by atoms with Crippen LogP contribution in [0.5, 0.6) is 0 Å². The normalized spacial score (nSPS) is 27.6. The molecule has 0 aromatic carbocycles. The highest BCUT2D eigenvalue weighted by Gasteiger charge is 2.49. The summed E-state index contributed by atoms with van der Waals surface area (Å²) in [6, 6.07) is 1.88. The molecule has 1 aliphatic carbocycles.